The van der Waals surface area contributed by atoms with Gasteiger partial charge in [-0.3, -0.25) is 9.59 Å². The Morgan fingerprint density at radius 2 is 2.00 bits per heavy atom. The molecular weight excluding hydrogens is 336 g/mol. The lowest BCUT2D eigenvalue weighted by Gasteiger charge is -2.12. The van der Waals surface area contributed by atoms with Crippen LogP contribution in [-0.2, 0) is 17.6 Å². The minimum Gasteiger partial charge on any atom is -0.483 e. The molecule has 0 spiro atoms. The van der Waals surface area contributed by atoms with E-state index < -0.39 is 5.91 Å². The van der Waals surface area contributed by atoms with Crippen molar-refractivity contribution in [3.8, 4) is 5.75 Å². The van der Waals surface area contributed by atoms with Crippen molar-refractivity contribution in [2.24, 2.45) is 5.73 Å². The lowest BCUT2D eigenvalue weighted by molar-refractivity contribution is -0.118. The number of amides is 2. The van der Waals surface area contributed by atoms with Gasteiger partial charge in [0.25, 0.3) is 11.8 Å². The summed E-state index contributed by atoms with van der Waals surface area (Å²) in [7, 11) is 0. The van der Waals surface area contributed by atoms with Gasteiger partial charge in [0.05, 0.1) is 5.56 Å². The Morgan fingerprint density at radius 1 is 1.24 bits per heavy atom. The number of anilines is 1. The molecule has 1 aliphatic carbocycles. The molecule has 0 saturated carbocycles. The molecule has 0 unspecified atom stereocenters. The minimum absolute atomic E-state index is 0.107. The van der Waals surface area contributed by atoms with E-state index in [1.807, 2.05) is 26.8 Å². The topological polar surface area (TPSA) is 81.4 Å². The van der Waals surface area contributed by atoms with Gasteiger partial charge < -0.3 is 15.8 Å². The predicted octanol–water partition coefficient (Wildman–Crippen LogP) is 3.28. The molecule has 1 aromatic carbocycles. The van der Waals surface area contributed by atoms with Crippen LogP contribution >= 0.6 is 11.3 Å². The molecule has 0 aliphatic heterocycles. The Morgan fingerprint density at radius 3 is 2.72 bits per heavy atom. The zero-order valence-electron chi connectivity index (χ0n) is 14.7. The first-order valence-corrected chi connectivity index (χ1v) is 9.13. The second-order valence-corrected chi connectivity index (χ2v) is 7.57. The first-order valence-electron chi connectivity index (χ1n) is 8.31. The van der Waals surface area contributed by atoms with Crippen LogP contribution in [0.15, 0.2) is 12.1 Å². The van der Waals surface area contributed by atoms with Crippen LogP contribution in [0, 0.1) is 20.8 Å². The number of nitrogens with one attached hydrogen (secondary N) is 1. The van der Waals surface area contributed by atoms with Gasteiger partial charge in [0.1, 0.15) is 10.8 Å². The van der Waals surface area contributed by atoms with Crippen molar-refractivity contribution < 1.29 is 14.3 Å². The second kappa shape index (κ2) is 6.88. The number of benzene rings is 1. The third kappa shape index (κ3) is 3.54. The van der Waals surface area contributed by atoms with Gasteiger partial charge in [-0.05, 0) is 68.4 Å². The molecule has 0 saturated heterocycles. The van der Waals surface area contributed by atoms with Crippen molar-refractivity contribution in [3.63, 3.8) is 0 Å². The second-order valence-electron chi connectivity index (χ2n) is 6.47. The number of fused-ring (bicyclic) bond motifs is 1. The summed E-state index contributed by atoms with van der Waals surface area (Å²) >= 11 is 1.45. The Hall–Kier alpha value is -2.34. The number of thiophene rings is 1. The SMILES string of the molecule is Cc1cc(C)c(C)c(OCC(=O)Nc2sc3c(c2C(N)=O)CCC3)c1. The van der Waals surface area contributed by atoms with Crippen LogP contribution < -0.4 is 15.8 Å². The van der Waals surface area contributed by atoms with Crippen molar-refractivity contribution >= 4 is 28.2 Å². The van der Waals surface area contributed by atoms with Crippen LogP contribution in [0.1, 0.15) is 43.9 Å². The first kappa shape index (κ1) is 17.5. The fourth-order valence-electron chi connectivity index (χ4n) is 3.21. The largest absolute Gasteiger partial charge is 0.483 e. The van der Waals surface area contributed by atoms with Gasteiger partial charge in [0.15, 0.2) is 6.61 Å². The summed E-state index contributed by atoms with van der Waals surface area (Å²) in [5.74, 6) is -0.0711. The average Bonchev–Trinajstić information content (AvgIpc) is 3.09. The smallest absolute Gasteiger partial charge is 0.262 e. The number of carbonyl (C=O) groups is 2. The van der Waals surface area contributed by atoms with Gasteiger partial charge in [-0.25, -0.2) is 0 Å². The van der Waals surface area contributed by atoms with Crippen molar-refractivity contribution in [2.45, 2.75) is 40.0 Å². The number of hydrogen-bond acceptors (Lipinski definition) is 4. The van der Waals surface area contributed by atoms with E-state index in [0.717, 1.165) is 46.4 Å². The summed E-state index contributed by atoms with van der Waals surface area (Å²) in [6, 6.07) is 4.00. The Kier molecular flexibility index (Phi) is 4.81. The standard InChI is InChI=1S/C19H22N2O3S/c1-10-7-11(2)12(3)14(8-10)24-9-16(22)21-19-17(18(20)23)13-5-4-6-15(13)25-19/h7-8H,4-6,9H2,1-3H3,(H2,20,23)(H,21,22). The zero-order chi connectivity index (χ0) is 18.1. The minimum atomic E-state index is -0.485. The summed E-state index contributed by atoms with van der Waals surface area (Å²) in [6.45, 7) is 5.87. The third-order valence-electron chi connectivity index (χ3n) is 4.54. The molecule has 0 bridgehead atoms. The fourth-order valence-corrected chi connectivity index (χ4v) is 4.52. The molecule has 3 N–H and O–H groups in total. The molecule has 2 aromatic rings. The number of carbonyl (C=O) groups excluding carboxylic acids is 2. The van der Waals surface area contributed by atoms with Crippen molar-refractivity contribution in [3.05, 3.63) is 44.8 Å². The van der Waals surface area contributed by atoms with Gasteiger partial charge in [-0.2, -0.15) is 0 Å². The average molecular weight is 358 g/mol. The monoisotopic (exact) mass is 358 g/mol. The highest BCUT2D eigenvalue weighted by Gasteiger charge is 2.26. The van der Waals surface area contributed by atoms with Crippen LogP contribution in [0.25, 0.3) is 0 Å². The highest BCUT2D eigenvalue weighted by molar-refractivity contribution is 7.17. The quantitative estimate of drug-likeness (QED) is 0.860. The Labute approximate surface area is 151 Å². The number of ether oxygens (including phenoxy) is 1. The maximum atomic E-state index is 12.3. The summed E-state index contributed by atoms with van der Waals surface area (Å²) in [5, 5.41) is 3.34. The molecule has 25 heavy (non-hydrogen) atoms. The van der Waals surface area contributed by atoms with Gasteiger partial charge in [-0.15, -0.1) is 11.3 Å². The summed E-state index contributed by atoms with van der Waals surface area (Å²) in [6.07, 6.45) is 2.82. The summed E-state index contributed by atoms with van der Waals surface area (Å²) in [4.78, 5) is 25.2. The van der Waals surface area contributed by atoms with Crippen molar-refractivity contribution in [2.75, 3.05) is 11.9 Å². The molecule has 0 fully saturated rings. The normalized spacial score (nSPS) is 12.8. The predicted molar refractivity (Wildman–Crippen MR) is 99.6 cm³/mol. The molecule has 0 atom stereocenters. The van der Waals surface area contributed by atoms with E-state index in [-0.39, 0.29) is 12.5 Å². The molecular formula is C19H22N2O3S. The Balaban J connectivity index is 1.71. The molecule has 1 aliphatic rings. The molecule has 1 heterocycles. The molecule has 2 amide bonds. The molecule has 132 valence electrons. The fraction of sp³-hybridized carbons (Fsp3) is 0.368. The molecule has 1 aromatic heterocycles. The number of nitrogens with two attached hydrogens (primary N) is 1. The lowest BCUT2D eigenvalue weighted by atomic mass is 10.1. The van der Waals surface area contributed by atoms with Gasteiger partial charge in [-0.1, -0.05) is 6.07 Å². The number of aryl methyl sites for hydroxylation is 3. The van der Waals surface area contributed by atoms with E-state index in [4.69, 9.17) is 10.5 Å². The molecule has 5 nitrogen and oxygen atoms in total. The van der Waals surface area contributed by atoms with E-state index >= 15 is 0 Å². The van der Waals surface area contributed by atoms with Crippen LogP contribution in [0.3, 0.4) is 0 Å². The van der Waals surface area contributed by atoms with Crippen LogP contribution in [-0.4, -0.2) is 18.4 Å². The van der Waals surface area contributed by atoms with Crippen molar-refractivity contribution in [1.82, 2.24) is 0 Å². The maximum absolute atomic E-state index is 12.3. The number of primary amides is 1. The molecule has 0 radical (unpaired) electrons. The van der Waals surface area contributed by atoms with Crippen LogP contribution in [0.5, 0.6) is 5.75 Å². The third-order valence-corrected chi connectivity index (χ3v) is 5.75. The van der Waals surface area contributed by atoms with E-state index in [1.54, 1.807) is 0 Å². The maximum Gasteiger partial charge on any atom is 0.262 e. The summed E-state index contributed by atoms with van der Waals surface area (Å²) in [5.41, 5.74) is 10.2. The lowest BCUT2D eigenvalue weighted by Crippen LogP contribution is -2.22. The molecule has 6 heteroatoms. The number of hydrogen-bond donors (Lipinski definition) is 2. The zero-order valence-corrected chi connectivity index (χ0v) is 15.5. The van der Waals surface area contributed by atoms with Crippen molar-refractivity contribution in [1.29, 1.82) is 0 Å². The Bertz CT molecular complexity index is 855. The van der Waals surface area contributed by atoms with Gasteiger partial charge in [0, 0.05) is 4.88 Å². The van der Waals surface area contributed by atoms with E-state index in [2.05, 4.69) is 11.4 Å². The van der Waals surface area contributed by atoms with E-state index in [1.165, 1.54) is 11.3 Å². The van der Waals surface area contributed by atoms with Crippen LogP contribution in [0.4, 0.5) is 5.00 Å². The van der Waals surface area contributed by atoms with Crippen LogP contribution in [0.2, 0.25) is 0 Å². The molecule has 3 rings (SSSR count). The number of rotatable bonds is 5. The first-order chi connectivity index (χ1) is 11.9. The highest BCUT2D eigenvalue weighted by atomic mass is 32.1. The highest BCUT2D eigenvalue weighted by Crippen LogP contribution is 2.38. The van der Waals surface area contributed by atoms with E-state index in [0.29, 0.717) is 16.3 Å². The van der Waals surface area contributed by atoms with Gasteiger partial charge in [0.2, 0.25) is 0 Å². The summed E-state index contributed by atoms with van der Waals surface area (Å²) < 4.78 is 5.69. The van der Waals surface area contributed by atoms with Gasteiger partial charge >= 0.3 is 0 Å². The van der Waals surface area contributed by atoms with E-state index in [9.17, 15) is 9.59 Å².